The second kappa shape index (κ2) is 11.9. The maximum absolute atomic E-state index is 12.4. The standard InChI is InChI=1S/C15H13BF2O3.C5H5.Fe/c1-20-12-7-9-15(21-16(17)18)13(10-12)14(19)8-6-11-4-2-3-5-11;1-2-4-5-3-1;/h2-10,19H,1H3;1-5H;/q;-1;+2/p-1. The maximum Gasteiger partial charge on any atom is 2.00 e. The molecule has 0 amide bonds. The van der Waals surface area contributed by atoms with E-state index in [1.807, 2.05) is 54.6 Å². The fraction of sp³-hybridized carbons (Fsp3) is 0.0500. The fourth-order valence-electron chi connectivity index (χ4n) is 2.11. The predicted molar refractivity (Wildman–Crippen MR) is 98.0 cm³/mol. The Morgan fingerprint density at radius 3 is 2.33 bits per heavy atom. The van der Waals surface area contributed by atoms with E-state index in [9.17, 15) is 13.7 Å². The van der Waals surface area contributed by atoms with Gasteiger partial charge in [-0.15, -0.1) is 0 Å². The van der Waals surface area contributed by atoms with E-state index in [4.69, 9.17) is 4.74 Å². The molecule has 3 nitrogen and oxygen atoms in total. The Hall–Kier alpha value is -2.63. The zero-order valence-corrected chi connectivity index (χ0v) is 15.6. The van der Waals surface area contributed by atoms with Gasteiger partial charge in [-0.25, -0.2) is 20.8 Å². The van der Waals surface area contributed by atoms with Gasteiger partial charge in [-0.3, -0.25) is 0 Å². The van der Waals surface area contributed by atoms with Crippen LogP contribution < -0.4 is 14.5 Å². The van der Waals surface area contributed by atoms with E-state index in [1.165, 1.54) is 31.4 Å². The minimum Gasteiger partial charge on any atom is -0.872 e. The van der Waals surface area contributed by atoms with Gasteiger partial charge in [0.1, 0.15) is 11.5 Å². The molecule has 1 aliphatic rings. The summed E-state index contributed by atoms with van der Waals surface area (Å²) in [7, 11) is -1.57. The molecular formula is C20H17BF2FeO3. The van der Waals surface area contributed by atoms with Gasteiger partial charge in [0.2, 0.25) is 0 Å². The first-order valence-electron chi connectivity index (χ1n) is 7.84. The van der Waals surface area contributed by atoms with Gasteiger partial charge in [0.05, 0.1) is 7.11 Å². The molecule has 0 fully saturated rings. The van der Waals surface area contributed by atoms with Crippen LogP contribution in [0.2, 0.25) is 0 Å². The number of ether oxygens (including phenoxy) is 1. The SMILES string of the molecule is COc1ccc(OB(F)F)c(C([O-])=CC=C2C=CC=C2)c1.[Fe+2].c1cc[cH-]c1. The summed E-state index contributed by atoms with van der Waals surface area (Å²) in [6.45, 7) is 0. The van der Waals surface area contributed by atoms with Crippen LogP contribution in [0.3, 0.4) is 0 Å². The van der Waals surface area contributed by atoms with Gasteiger partial charge < -0.3 is 14.5 Å². The third kappa shape index (κ3) is 7.65. The van der Waals surface area contributed by atoms with Crippen molar-refractivity contribution in [2.75, 3.05) is 7.11 Å². The molecule has 0 saturated carbocycles. The van der Waals surface area contributed by atoms with E-state index < -0.39 is 13.2 Å². The first-order chi connectivity index (χ1) is 12.6. The molecule has 0 unspecified atom stereocenters. The van der Waals surface area contributed by atoms with E-state index >= 15 is 0 Å². The molecule has 0 atom stereocenters. The van der Waals surface area contributed by atoms with Crippen LogP contribution in [0.4, 0.5) is 8.63 Å². The van der Waals surface area contributed by atoms with Crippen LogP contribution in [0.5, 0.6) is 11.5 Å². The summed E-state index contributed by atoms with van der Waals surface area (Å²) in [5.74, 6) is -0.226. The van der Waals surface area contributed by atoms with Gasteiger partial charge >= 0.3 is 24.5 Å². The van der Waals surface area contributed by atoms with Gasteiger partial charge in [0.25, 0.3) is 0 Å². The molecule has 7 heteroatoms. The van der Waals surface area contributed by atoms with Crippen molar-refractivity contribution in [3.63, 3.8) is 0 Å². The summed E-state index contributed by atoms with van der Waals surface area (Å²) < 4.78 is 34.1. The summed E-state index contributed by atoms with van der Waals surface area (Å²) in [5, 5.41) is 12.1. The fourth-order valence-corrected chi connectivity index (χ4v) is 2.11. The van der Waals surface area contributed by atoms with E-state index in [1.54, 1.807) is 6.08 Å². The maximum atomic E-state index is 12.4. The molecule has 140 valence electrons. The number of hydrogen-bond donors (Lipinski definition) is 0. The quantitative estimate of drug-likeness (QED) is 0.423. The second-order valence-corrected chi connectivity index (χ2v) is 5.12. The van der Waals surface area contributed by atoms with Gasteiger partial charge in [0.15, 0.2) is 0 Å². The van der Waals surface area contributed by atoms with Crippen LogP contribution in [0.1, 0.15) is 5.56 Å². The number of allylic oxidation sites excluding steroid dienone is 7. The minimum absolute atomic E-state index is 0. The van der Waals surface area contributed by atoms with Crippen molar-refractivity contribution in [2.24, 2.45) is 0 Å². The largest absolute Gasteiger partial charge is 2.00 e. The molecule has 2 aromatic carbocycles. The van der Waals surface area contributed by atoms with Gasteiger partial charge in [-0.05, 0) is 23.8 Å². The van der Waals surface area contributed by atoms with Crippen LogP contribution in [0.15, 0.2) is 90.6 Å². The van der Waals surface area contributed by atoms with Gasteiger partial charge in [0, 0.05) is 5.56 Å². The molecule has 1 aliphatic carbocycles. The Kier molecular flexibility index (Phi) is 9.87. The summed E-state index contributed by atoms with van der Waals surface area (Å²) in [6, 6.07) is 14.1. The number of halogens is 2. The number of hydrogen-bond acceptors (Lipinski definition) is 3. The Bertz CT molecular complexity index is 781. The molecule has 0 aromatic heterocycles. The van der Waals surface area contributed by atoms with Crippen molar-refractivity contribution >= 4 is 13.2 Å². The van der Waals surface area contributed by atoms with Gasteiger partial charge in [-0.1, -0.05) is 42.2 Å². The van der Waals surface area contributed by atoms with Crippen molar-refractivity contribution in [3.05, 3.63) is 96.1 Å². The van der Waals surface area contributed by atoms with Crippen LogP contribution in [-0.4, -0.2) is 14.6 Å². The Morgan fingerprint density at radius 2 is 1.81 bits per heavy atom. The van der Waals surface area contributed by atoms with Crippen molar-refractivity contribution in [1.82, 2.24) is 0 Å². The number of benzene rings is 1. The van der Waals surface area contributed by atoms with E-state index in [2.05, 4.69) is 4.65 Å². The van der Waals surface area contributed by atoms with Crippen LogP contribution in [0, 0.1) is 0 Å². The summed E-state index contributed by atoms with van der Waals surface area (Å²) in [5.41, 5.74) is 0.875. The minimum atomic E-state index is -3.00. The molecule has 2 aromatic rings. The molecule has 0 bridgehead atoms. The zero-order chi connectivity index (χ0) is 18.8. The van der Waals surface area contributed by atoms with Crippen molar-refractivity contribution in [1.29, 1.82) is 0 Å². The Balaban J connectivity index is 0.000000526. The van der Waals surface area contributed by atoms with Crippen LogP contribution >= 0.6 is 0 Å². The third-order valence-electron chi connectivity index (χ3n) is 3.34. The molecular weight excluding hydrogens is 393 g/mol. The number of methoxy groups -OCH3 is 1. The summed E-state index contributed by atoms with van der Waals surface area (Å²) >= 11 is 0. The molecule has 0 aliphatic heterocycles. The smallest absolute Gasteiger partial charge is 0.872 e. The Labute approximate surface area is 168 Å². The summed E-state index contributed by atoms with van der Waals surface area (Å²) in [6.07, 6.45) is 10.2. The average Bonchev–Trinajstić information content (AvgIpc) is 3.35. The average molecular weight is 410 g/mol. The second-order valence-electron chi connectivity index (χ2n) is 5.12. The molecule has 0 spiro atoms. The first-order valence-corrected chi connectivity index (χ1v) is 7.84. The molecule has 3 rings (SSSR count). The van der Waals surface area contributed by atoms with Gasteiger partial charge in [-0.2, -0.15) is 18.2 Å². The van der Waals surface area contributed by atoms with Crippen molar-refractivity contribution < 1.29 is 40.2 Å². The number of rotatable bonds is 5. The first kappa shape index (κ1) is 22.4. The zero-order valence-electron chi connectivity index (χ0n) is 14.5. The van der Waals surface area contributed by atoms with Crippen LogP contribution in [0.25, 0.3) is 5.76 Å². The van der Waals surface area contributed by atoms with E-state index in [0.717, 1.165) is 5.57 Å². The molecule has 0 saturated heterocycles. The Morgan fingerprint density at radius 1 is 1.15 bits per heavy atom. The third-order valence-corrected chi connectivity index (χ3v) is 3.34. The molecule has 0 radical (unpaired) electrons. The topological polar surface area (TPSA) is 41.5 Å². The van der Waals surface area contributed by atoms with E-state index in [0.29, 0.717) is 5.75 Å². The van der Waals surface area contributed by atoms with Crippen LogP contribution in [-0.2, 0) is 17.1 Å². The molecule has 0 N–H and O–H groups in total. The monoisotopic (exact) mass is 410 g/mol. The van der Waals surface area contributed by atoms with E-state index in [-0.39, 0.29) is 28.4 Å². The summed E-state index contributed by atoms with van der Waals surface area (Å²) in [4.78, 5) is 0. The van der Waals surface area contributed by atoms with Crippen molar-refractivity contribution in [3.8, 4) is 11.5 Å². The predicted octanol–water partition coefficient (Wildman–Crippen LogP) is 4.15. The molecule has 27 heavy (non-hydrogen) atoms. The normalized spacial score (nSPS) is 12.0. The van der Waals surface area contributed by atoms with Crippen molar-refractivity contribution in [2.45, 2.75) is 0 Å². The molecule has 0 heterocycles.